The number of hydrogen-bond donors (Lipinski definition) is 0. The van der Waals surface area contributed by atoms with Gasteiger partial charge in [-0.1, -0.05) is 113 Å². The van der Waals surface area contributed by atoms with Crippen molar-refractivity contribution in [2.45, 2.75) is 5.16 Å². The van der Waals surface area contributed by atoms with Crippen molar-refractivity contribution in [2.75, 3.05) is 0 Å². The third kappa shape index (κ3) is 2.68. The Labute approximate surface area is 142 Å². The zero-order valence-electron chi connectivity index (χ0n) is 11.9. The van der Waals surface area contributed by atoms with Gasteiger partial charge in [-0.05, 0) is 16.7 Å². The quantitative estimate of drug-likeness (QED) is 0.362. The molecule has 0 fully saturated rings. The summed E-state index contributed by atoms with van der Waals surface area (Å²) in [5.41, 5.74) is 3.34. The summed E-state index contributed by atoms with van der Waals surface area (Å²) in [7, 11) is 0. The second-order valence-electron chi connectivity index (χ2n) is 5.04. The minimum atomic E-state index is -1.33. The summed E-state index contributed by atoms with van der Waals surface area (Å²) >= 11 is 13.3. The van der Waals surface area contributed by atoms with Crippen LogP contribution in [0.2, 0.25) is 0 Å². The van der Waals surface area contributed by atoms with Crippen LogP contribution in [-0.2, 0) is 5.16 Å². The number of benzene rings is 3. The number of rotatable bonds is 4. The summed E-state index contributed by atoms with van der Waals surface area (Å²) in [4.78, 5) is 0. The molecule has 3 aromatic rings. The third-order valence-corrected chi connectivity index (χ3v) is 6.63. The summed E-state index contributed by atoms with van der Waals surface area (Å²) in [5.74, 6) is 0. The smallest absolute Gasteiger partial charge is 0.0764 e. The van der Waals surface area contributed by atoms with Crippen LogP contribution in [0.5, 0.6) is 0 Å². The average molecular weight is 345 g/mol. The largest absolute Gasteiger partial charge is 0.105 e. The van der Waals surface area contributed by atoms with Crippen LogP contribution in [0.4, 0.5) is 0 Å². The molecule has 0 aliphatic rings. The minimum absolute atomic E-state index is 0.526. The van der Waals surface area contributed by atoms with Crippen molar-refractivity contribution in [3.63, 3.8) is 0 Å². The van der Waals surface area contributed by atoms with Gasteiger partial charge in [-0.15, -0.1) is 0 Å². The average Bonchev–Trinajstić information content (AvgIpc) is 2.58. The highest BCUT2D eigenvalue weighted by atomic mass is 35.9. The Balaban J connectivity index is 2.34. The van der Waals surface area contributed by atoms with Crippen molar-refractivity contribution < 1.29 is 0 Å². The maximum Gasteiger partial charge on any atom is 0.105 e. The van der Waals surface area contributed by atoms with Gasteiger partial charge in [0, 0.05) is 0 Å². The lowest BCUT2D eigenvalue weighted by atomic mass is 9.84. The van der Waals surface area contributed by atoms with Crippen LogP contribution < -0.4 is 0 Å². The fourth-order valence-corrected chi connectivity index (χ4v) is 5.62. The van der Waals surface area contributed by atoms with Crippen LogP contribution in [0.15, 0.2) is 91.0 Å². The van der Waals surface area contributed by atoms with Gasteiger partial charge in [-0.3, -0.25) is 0 Å². The van der Waals surface area contributed by atoms with E-state index in [1.165, 1.54) is 0 Å². The van der Waals surface area contributed by atoms with E-state index < -0.39 is 11.8 Å². The Kier molecular flexibility index (Phi) is 4.84. The van der Waals surface area contributed by atoms with E-state index in [4.69, 9.17) is 22.5 Å². The van der Waals surface area contributed by atoms with E-state index in [2.05, 4.69) is 36.4 Å². The molecule has 3 aromatic carbocycles. The molecule has 22 heavy (non-hydrogen) atoms. The van der Waals surface area contributed by atoms with Crippen molar-refractivity contribution in [3.05, 3.63) is 108 Å². The molecule has 0 N–H and O–H groups in total. The Bertz CT molecular complexity index is 616. The summed E-state index contributed by atoms with van der Waals surface area (Å²) < 4.78 is 0. The maximum atomic E-state index is 6.63. The first kappa shape index (κ1) is 15.6. The molecular weight excluding hydrogens is 330 g/mol. The van der Waals surface area contributed by atoms with E-state index in [1.54, 1.807) is 0 Å². The predicted molar refractivity (Wildman–Crippen MR) is 97.8 cm³/mol. The van der Waals surface area contributed by atoms with E-state index >= 15 is 0 Å². The molecule has 0 saturated heterocycles. The first-order valence-electron chi connectivity index (χ1n) is 7.04. The zero-order chi connectivity index (χ0) is 15.4. The van der Waals surface area contributed by atoms with E-state index in [0.717, 1.165) is 16.7 Å². The highest BCUT2D eigenvalue weighted by Gasteiger charge is 2.42. The number of halogens is 2. The van der Waals surface area contributed by atoms with Crippen LogP contribution >= 0.6 is 29.1 Å². The lowest BCUT2D eigenvalue weighted by Crippen LogP contribution is -2.24. The molecule has 0 heterocycles. The van der Waals surface area contributed by atoms with Gasteiger partial charge in [-0.2, -0.15) is 0 Å². The summed E-state index contributed by atoms with van der Waals surface area (Å²) in [5, 5.41) is -0.526. The van der Waals surface area contributed by atoms with Gasteiger partial charge in [-0.25, -0.2) is 0 Å². The molecule has 0 nitrogen and oxygen atoms in total. The normalized spacial score (nSPS) is 11.6. The molecule has 0 saturated carbocycles. The molecule has 0 aliphatic carbocycles. The first-order valence-corrected chi connectivity index (χ1v) is 10.2. The van der Waals surface area contributed by atoms with E-state index in [9.17, 15) is 0 Å². The Morgan fingerprint density at radius 1 is 0.500 bits per heavy atom. The van der Waals surface area contributed by atoms with Crippen LogP contribution in [-0.4, -0.2) is 0 Å². The Morgan fingerprint density at radius 3 is 1.00 bits per heavy atom. The Morgan fingerprint density at radius 2 is 0.773 bits per heavy atom. The van der Waals surface area contributed by atoms with Crippen molar-refractivity contribution in [3.8, 4) is 0 Å². The van der Waals surface area contributed by atoms with Crippen molar-refractivity contribution >= 4 is 29.1 Å². The molecule has 0 bridgehead atoms. The van der Waals surface area contributed by atoms with Gasteiger partial charge in [0.25, 0.3) is 0 Å². The monoisotopic (exact) mass is 344 g/mol. The topological polar surface area (TPSA) is 0 Å². The Hall–Kier alpha value is -1.33. The molecule has 0 spiro atoms. The van der Waals surface area contributed by atoms with Crippen molar-refractivity contribution in [1.82, 2.24) is 0 Å². The minimum Gasteiger partial charge on any atom is -0.0764 e. The van der Waals surface area contributed by atoms with Gasteiger partial charge < -0.3 is 0 Å². The van der Waals surface area contributed by atoms with Crippen LogP contribution in [0.25, 0.3) is 0 Å². The van der Waals surface area contributed by atoms with E-state index in [-0.39, 0.29) is 0 Å². The molecule has 0 atom stereocenters. The summed E-state index contributed by atoms with van der Waals surface area (Å²) in [6, 6.07) is 30.8. The van der Waals surface area contributed by atoms with Crippen LogP contribution in [0.1, 0.15) is 16.7 Å². The highest BCUT2D eigenvalue weighted by Crippen LogP contribution is 2.69. The first-order chi connectivity index (χ1) is 10.8. The molecule has 3 rings (SSSR count). The lowest BCUT2D eigenvalue weighted by molar-refractivity contribution is 0.891. The highest BCUT2D eigenvalue weighted by molar-refractivity contribution is 8.04. The molecule has 0 amide bonds. The molecule has 0 radical (unpaired) electrons. The molecule has 0 aliphatic heterocycles. The molecule has 0 aromatic heterocycles. The standard InChI is InChI=1S/C19H15Cl2P/c20-22(21)19(16-10-4-1-5-11-16,17-12-6-2-7-13-17)18-14-8-3-9-15-18/h1-15H. The fraction of sp³-hybridized carbons (Fsp3) is 0.0526. The van der Waals surface area contributed by atoms with Gasteiger partial charge in [0.05, 0.1) is 5.16 Å². The fourth-order valence-electron chi connectivity index (χ4n) is 2.83. The van der Waals surface area contributed by atoms with Crippen LogP contribution in [0.3, 0.4) is 0 Å². The van der Waals surface area contributed by atoms with Gasteiger partial charge in [0.2, 0.25) is 0 Å². The van der Waals surface area contributed by atoms with Crippen molar-refractivity contribution in [1.29, 1.82) is 0 Å². The molecular formula is C19H15Cl2P. The second-order valence-corrected chi connectivity index (χ2v) is 8.73. The van der Waals surface area contributed by atoms with Crippen LogP contribution in [0, 0.1) is 0 Å². The van der Waals surface area contributed by atoms with Gasteiger partial charge in [0.15, 0.2) is 0 Å². The number of hydrogen-bond acceptors (Lipinski definition) is 0. The third-order valence-electron chi connectivity index (χ3n) is 3.83. The zero-order valence-corrected chi connectivity index (χ0v) is 14.3. The maximum absolute atomic E-state index is 6.63. The van der Waals surface area contributed by atoms with E-state index in [0.29, 0.717) is 0 Å². The molecule has 0 unspecified atom stereocenters. The molecule has 3 heteroatoms. The lowest BCUT2D eigenvalue weighted by Gasteiger charge is -2.36. The predicted octanol–water partition coefficient (Wildman–Crippen LogP) is 6.77. The molecule has 110 valence electrons. The van der Waals surface area contributed by atoms with Gasteiger partial charge in [0.1, 0.15) is 6.63 Å². The summed E-state index contributed by atoms with van der Waals surface area (Å²) in [6.07, 6.45) is 0. The SMILES string of the molecule is ClP(Cl)C(c1ccccc1)(c1ccccc1)c1ccccc1. The summed E-state index contributed by atoms with van der Waals surface area (Å²) in [6.45, 7) is -1.33. The van der Waals surface area contributed by atoms with E-state index in [1.807, 2.05) is 54.6 Å². The van der Waals surface area contributed by atoms with Gasteiger partial charge >= 0.3 is 0 Å². The second kappa shape index (κ2) is 6.84. The van der Waals surface area contributed by atoms with Crippen molar-refractivity contribution in [2.24, 2.45) is 0 Å².